The maximum Gasteiger partial charge on any atom is 0.450 e. The van der Waals surface area contributed by atoms with E-state index in [-0.39, 0.29) is 4.88 Å². The van der Waals surface area contributed by atoms with Gasteiger partial charge in [0, 0.05) is 9.75 Å². The number of thiophene rings is 2. The lowest BCUT2D eigenvalue weighted by molar-refractivity contribution is -0.170. The molecule has 0 saturated carbocycles. The summed E-state index contributed by atoms with van der Waals surface area (Å²) < 4.78 is 36.3. The molecule has 0 saturated heterocycles. The van der Waals surface area contributed by atoms with Crippen molar-refractivity contribution in [3.63, 3.8) is 0 Å². The van der Waals surface area contributed by atoms with E-state index >= 15 is 0 Å². The lowest BCUT2D eigenvalue weighted by Gasteiger charge is -2.02. The first-order valence-corrected chi connectivity index (χ1v) is 7.26. The topological polar surface area (TPSA) is 34.1 Å². The van der Waals surface area contributed by atoms with E-state index in [1.165, 1.54) is 17.4 Å². The smallest absolute Gasteiger partial charge is 0.293 e. The summed E-state index contributed by atoms with van der Waals surface area (Å²) in [5.41, 5.74) is 1.04. The molecule has 0 aliphatic carbocycles. The van der Waals surface area contributed by atoms with Crippen molar-refractivity contribution in [3.8, 4) is 9.75 Å². The Morgan fingerprint density at radius 2 is 1.90 bits per heavy atom. The zero-order valence-electron chi connectivity index (χ0n) is 10.3. The highest BCUT2D eigenvalue weighted by Gasteiger charge is 2.39. The quantitative estimate of drug-likeness (QED) is 0.615. The van der Waals surface area contributed by atoms with Gasteiger partial charge in [0.15, 0.2) is 5.78 Å². The molecular formula is C13H9F3O2S2. The molecule has 2 aromatic heterocycles. The minimum Gasteiger partial charge on any atom is -0.293 e. The van der Waals surface area contributed by atoms with E-state index in [9.17, 15) is 22.8 Å². The Balaban J connectivity index is 2.16. The van der Waals surface area contributed by atoms with Gasteiger partial charge in [-0.15, -0.1) is 22.7 Å². The lowest BCUT2D eigenvalue weighted by Crippen LogP contribution is -2.25. The third kappa shape index (κ3) is 3.16. The van der Waals surface area contributed by atoms with Crippen LogP contribution in [0.25, 0.3) is 9.75 Å². The maximum absolute atomic E-state index is 12.1. The molecule has 0 N–H and O–H groups in total. The van der Waals surface area contributed by atoms with Crippen LogP contribution in [0.15, 0.2) is 23.6 Å². The summed E-state index contributed by atoms with van der Waals surface area (Å²) >= 11 is 2.60. The molecule has 2 rings (SSSR count). The van der Waals surface area contributed by atoms with Gasteiger partial charge in [0.25, 0.3) is 0 Å². The van der Waals surface area contributed by atoms with Crippen molar-refractivity contribution in [1.29, 1.82) is 0 Å². The number of hydrogen-bond acceptors (Lipinski definition) is 4. The van der Waals surface area contributed by atoms with Gasteiger partial charge < -0.3 is 0 Å². The molecule has 2 nitrogen and oxygen atoms in total. The van der Waals surface area contributed by atoms with Crippen LogP contribution in [-0.4, -0.2) is 17.7 Å². The molecule has 0 spiro atoms. The predicted octanol–water partition coefficient (Wildman–Crippen LogP) is 4.49. The number of hydrogen-bond donors (Lipinski definition) is 0. The summed E-state index contributed by atoms with van der Waals surface area (Å²) in [7, 11) is 0. The van der Waals surface area contributed by atoms with E-state index in [4.69, 9.17) is 0 Å². The van der Waals surface area contributed by atoms with E-state index in [1.807, 2.05) is 18.4 Å². The third-order valence-electron chi connectivity index (χ3n) is 2.60. The second-order valence-corrected chi connectivity index (χ2v) is 6.12. The van der Waals surface area contributed by atoms with Crippen molar-refractivity contribution in [2.75, 3.05) is 0 Å². The first-order valence-electron chi connectivity index (χ1n) is 5.56. The van der Waals surface area contributed by atoms with Crippen LogP contribution in [0.1, 0.15) is 21.7 Å². The molecule has 0 unspecified atom stereocenters. The first kappa shape index (κ1) is 14.9. The van der Waals surface area contributed by atoms with Crippen LogP contribution in [0, 0.1) is 6.92 Å². The Labute approximate surface area is 120 Å². The van der Waals surface area contributed by atoms with Crippen LogP contribution in [0.3, 0.4) is 0 Å². The molecular weight excluding hydrogens is 309 g/mol. The Morgan fingerprint density at radius 1 is 1.20 bits per heavy atom. The van der Waals surface area contributed by atoms with Crippen LogP contribution in [0.5, 0.6) is 0 Å². The SMILES string of the molecule is Cc1ccsc1-c1ccc(C(=O)CC(=O)C(F)(F)F)s1. The highest BCUT2D eigenvalue weighted by Crippen LogP contribution is 2.35. The van der Waals surface area contributed by atoms with Gasteiger partial charge in [-0.1, -0.05) is 0 Å². The van der Waals surface area contributed by atoms with Gasteiger partial charge in [-0.05, 0) is 36.1 Å². The minimum atomic E-state index is -4.96. The fourth-order valence-electron chi connectivity index (χ4n) is 1.57. The van der Waals surface area contributed by atoms with Crippen LogP contribution < -0.4 is 0 Å². The van der Waals surface area contributed by atoms with E-state index in [0.29, 0.717) is 0 Å². The zero-order chi connectivity index (χ0) is 14.9. The van der Waals surface area contributed by atoms with Crippen LogP contribution in [0.2, 0.25) is 0 Å². The largest absolute Gasteiger partial charge is 0.450 e. The van der Waals surface area contributed by atoms with Gasteiger partial charge in [0.1, 0.15) is 0 Å². The molecule has 0 aliphatic rings. The van der Waals surface area contributed by atoms with Crippen LogP contribution >= 0.6 is 22.7 Å². The maximum atomic E-state index is 12.1. The number of ketones is 2. The molecule has 20 heavy (non-hydrogen) atoms. The number of halogens is 3. The summed E-state index contributed by atoms with van der Waals surface area (Å²) in [6, 6.07) is 5.08. The van der Waals surface area contributed by atoms with Gasteiger partial charge >= 0.3 is 6.18 Å². The van der Waals surface area contributed by atoms with Gasteiger partial charge in [-0.3, -0.25) is 9.59 Å². The highest BCUT2D eigenvalue weighted by molar-refractivity contribution is 7.22. The van der Waals surface area contributed by atoms with Crippen molar-refractivity contribution in [2.24, 2.45) is 0 Å². The Hall–Kier alpha value is -1.47. The molecule has 0 amide bonds. The van der Waals surface area contributed by atoms with Gasteiger partial charge in [-0.25, -0.2) is 0 Å². The normalized spacial score (nSPS) is 11.6. The molecule has 2 aromatic rings. The molecule has 106 valence electrons. The summed E-state index contributed by atoms with van der Waals surface area (Å²) in [4.78, 5) is 24.4. The average molecular weight is 318 g/mol. The molecule has 0 aromatic carbocycles. The molecule has 0 atom stereocenters. The van der Waals surface area contributed by atoms with E-state index in [2.05, 4.69) is 0 Å². The summed E-state index contributed by atoms with van der Waals surface area (Å²) in [5, 5.41) is 1.90. The summed E-state index contributed by atoms with van der Waals surface area (Å²) in [6.07, 6.45) is -6.09. The van der Waals surface area contributed by atoms with Crippen LogP contribution in [0.4, 0.5) is 13.2 Å². The van der Waals surface area contributed by atoms with E-state index in [1.54, 1.807) is 6.07 Å². The fourth-order valence-corrected chi connectivity index (χ4v) is 3.63. The van der Waals surface area contributed by atoms with Gasteiger partial charge in [0.05, 0.1) is 11.3 Å². The second-order valence-electron chi connectivity index (χ2n) is 4.12. The van der Waals surface area contributed by atoms with Crippen molar-refractivity contribution >= 4 is 34.2 Å². The van der Waals surface area contributed by atoms with Crippen molar-refractivity contribution in [2.45, 2.75) is 19.5 Å². The predicted molar refractivity (Wildman–Crippen MR) is 72.4 cm³/mol. The van der Waals surface area contributed by atoms with Crippen molar-refractivity contribution < 1.29 is 22.8 Å². The molecule has 0 radical (unpaired) electrons. The third-order valence-corrected chi connectivity index (χ3v) is 4.93. The van der Waals surface area contributed by atoms with E-state index < -0.39 is 24.2 Å². The lowest BCUT2D eigenvalue weighted by atomic mass is 10.1. The standard InChI is InChI=1S/C13H9F3O2S2/c1-7-4-5-19-12(7)10-3-2-9(20-10)8(17)6-11(18)13(14,15)16/h2-5H,6H2,1H3. The number of alkyl halides is 3. The number of carbonyl (C=O) groups excluding carboxylic acids is 2. The zero-order valence-corrected chi connectivity index (χ0v) is 11.9. The van der Waals surface area contributed by atoms with E-state index in [0.717, 1.165) is 26.7 Å². The molecule has 2 heterocycles. The molecule has 0 bridgehead atoms. The summed E-state index contributed by atoms with van der Waals surface area (Å²) in [5.74, 6) is -2.80. The number of Topliss-reactive ketones (excluding diaryl/α,β-unsaturated/α-hetero) is 2. The van der Waals surface area contributed by atoms with Crippen molar-refractivity contribution in [1.82, 2.24) is 0 Å². The first-order chi connectivity index (χ1) is 9.29. The fraction of sp³-hybridized carbons (Fsp3) is 0.231. The Kier molecular flexibility index (Phi) is 4.10. The minimum absolute atomic E-state index is 0.172. The Morgan fingerprint density at radius 3 is 2.45 bits per heavy atom. The highest BCUT2D eigenvalue weighted by atomic mass is 32.1. The van der Waals surface area contributed by atoms with Crippen molar-refractivity contribution in [3.05, 3.63) is 34.0 Å². The van der Waals surface area contributed by atoms with Gasteiger partial charge in [0.2, 0.25) is 5.78 Å². The van der Waals surface area contributed by atoms with Gasteiger partial charge in [-0.2, -0.15) is 13.2 Å². The number of carbonyl (C=O) groups is 2. The average Bonchev–Trinajstić information content (AvgIpc) is 2.95. The molecule has 0 fully saturated rings. The molecule has 0 aliphatic heterocycles. The number of aryl methyl sites for hydroxylation is 1. The summed E-state index contributed by atoms with van der Waals surface area (Å²) in [6.45, 7) is 1.92. The number of rotatable bonds is 4. The Bertz CT molecular complexity index is 653. The van der Waals surface area contributed by atoms with Crippen LogP contribution in [-0.2, 0) is 4.79 Å². The molecule has 7 heteroatoms. The monoisotopic (exact) mass is 318 g/mol. The second kappa shape index (κ2) is 5.49.